The fraction of sp³-hybridized carbons (Fsp3) is 0.133. The van der Waals surface area contributed by atoms with Gasteiger partial charge in [-0.25, -0.2) is 4.39 Å². The largest absolute Gasteiger partial charge is 0.207 e. The van der Waals surface area contributed by atoms with E-state index in [-0.39, 0.29) is 5.82 Å². The molecule has 2 aromatic rings. The zero-order valence-corrected chi connectivity index (χ0v) is 9.79. The Morgan fingerprint density at radius 2 is 1.71 bits per heavy atom. The van der Waals surface area contributed by atoms with E-state index in [4.69, 9.17) is 5.26 Å². The lowest BCUT2D eigenvalue weighted by molar-refractivity contribution is 0.628. The highest BCUT2D eigenvalue weighted by atomic mass is 19.1. The summed E-state index contributed by atoms with van der Waals surface area (Å²) >= 11 is 0. The van der Waals surface area contributed by atoms with Crippen LogP contribution in [0.15, 0.2) is 36.4 Å². The predicted molar refractivity (Wildman–Crippen MR) is 66.0 cm³/mol. The van der Waals surface area contributed by atoms with Crippen LogP contribution in [-0.2, 0) is 0 Å². The van der Waals surface area contributed by atoms with Gasteiger partial charge in [-0.1, -0.05) is 18.2 Å². The average Bonchev–Trinajstić information content (AvgIpc) is 2.32. The third-order valence-corrected chi connectivity index (χ3v) is 2.87. The summed E-state index contributed by atoms with van der Waals surface area (Å²) < 4.78 is 13.3. The molecule has 0 bridgehead atoms. The molecule has 0 radical (unpaired) electrons. The van der Waals surface area contributed by atoms with Crippen molar-refractivity contribution in [3.8, 4) is 17.2 Å². The first kappa shape index (κ1) is 11.3. The zero-order chi connectivity index (χ0) is 12.4. The molecule has 0 aliphatic heterocycles. The highest BCUT2D eigenvalue weighted by Crippen LogP contribution is 2.24. The van der Waals surface area contributed by atoms with Gasteiger partial charge in [0.25, 0.3) is 0 Å². The second kappa shape index (κ2) is 4.39. The van der Waals surface area contributed by atoms with Crippen molar-refractivity contribution in [2.24, 2.45) is 0 Å². The summed E-state index contributed by atoms with van der Waals surface area (Å²) in [5.74, 6) is -0.378. The first-order chi connectivity index (χ1) is 8.10. The fourth-order valence-corrected chi connectivity index (χ4v) is 1.74. The molecule has 1 nitrogen and oxygen atoms in total. The van der Waals surface area contributed by atoms with Crippen LogP contribution in [0.4, 0.5) is 4.39 Å². The molecule has 0 fully saturated rings. The number of nitriles is 1. The van der Waals surface area contributed by atoms with Gasteiger partial charge in [0.15, 0.2) is 0 Å². The van der Waals surface area contributed by atoms with Gasteiger partial charge in [0.2, 0.25) is 0 Å². The SMILES string of the molecule is Cc1ccc(-c2cc(F)cc(C#N)c2)cc1C. The molecule has 0 aliphatic carbocycles. The predicted octanol–water partition coefficient (Wildman–Crippen LogP) is 3.98. The molecule has 0 atom stereocenters. The number of benzene rings is 2. The summed E-state index contributed by atoms with van der Waals surface area (Å²) in [6, 6.07) is 12.3. The molecule has 2 aromatic carbocycles. The molecule has 0 spiro atoms. The Hall–Kier alpha value is -2.14. The zero-order valence-electron chi connectivity index (χ0n) is 9.79. The molecule has 0 aromatic heterocycles. The van der Waals surface area contributed by atoms with Gasteiger partial charge in [0.1, 0.15) is 5.82 Å². The van der Waals surface area contributed by atoms with Gasteiger partial charge in [0.05, 0.1) is 11.6 Å². The number of hydrogen-bond acceptors (Lipinski definition) is 1. The van der Waals surface area contributed by atoms with Gasteiger partial charge < -0.3 is 0 Å². The Bertz CT molecular complexity index is 609. The average molecular weight is 225 g/mol. The third-order valence-electron chi connectivity index (χ3n) is 2.87. The lowest BCUT2D eigenvalue weighted by Crippen LogP contribution is -1.86. The van der Waals surface area contributed by atoms with Crippen molar-refractivity contribution in [1.82, 2.24) is 0 Å². The fourth-order valence-electron chi connectivity index (χ4n) is 1.74. The lowest BCUT2D eigenvalue weighted by atomic mass is 9.99. The maximum atomic E-state index is 13.3. The minimum atomic E-state index is -0.378. The third kappa shape index (κ3) is 2.34. The molecule has 2 rings (SSSR count). The summed E-state index contributed by atoms with van der Waals surface area (Å²) in [6.07, 6.45) is 0. The molecule has 0 unspecified atom stereocenters. The van der Waals surface area contributed by atoms with Crippen molar-refractivity contribution in [3.63, 3.8) is 0 Å². The molecule has 0 aliphatic rings. The molecular formula is C15H12FN. The lowest BCUT2D eigenvalue weighted by Gasteiger charge is -2.06. The Morgan fingerprint density at radius 3 is 2.35 bits per heavy atom. The van der Waals surface area contributed by atoms with E-state index in [0.29, 0.717) is 5.56 Å². The van der Waals surface area contributed by atoms with Crippen LogP contribution in [0.3, 0.4) is 0 Å². The Morgan fingerprint density at radius 1 is 0.941 bits per heavy atom. The van der Waals surface area contributed by atoms with Crippen molar-refractivity contribution >= 4 is 0 Å². The number of hydrogen-bond donors (Lipinski definition) is 0. The quantitative estimate of drug-likeness (QED) is 0.720. The van der Waals surface area contributed by atoms with Gasteiger partial charge in [-0.05, 0) is 54.3 Å². The number of nitrogens with zero attached hydrogens (tertiary/aromatic N) is 1. The van der Waals surface area contributed by atoms with Crippen molar-refractivity contribution in [1.29, 1.82) is 5.26 Å². The van der Waals surface area contributed by atoms with Gasteiger partial charge in [-0.2, -0.15) is 5.26 Å². The highest BCUT2D eigenvalue weighted by molar-refractivity contribution is 5.66. The topological polar surface area (TPSA) is 23.8 Å². The summed E-state index contributed by atoms with van der Waals surface area (Å²) in [4.78, 5) is 0. The molecule has 17 heavy (non-hydrogen) atoms. The first-order valence-electron chi connectivity index (χ1n) is 5.38. The summed E-state index contributed by atoms with van der Waals surface area (Å²) in [5, 5.41) is 8.82. The van der Waals surface area contributed by atoms with Crippen LogP contribution in [0, 0.1) is 31.0 Å². The molecule has 0 amide bonds. The number of halogens is 1. The molecule has 2 heteroatoms. The van der Waals surface area contributed by atoms with Crippen LogP contribution in [0.25, 0.3) is 11.1 Å². The summed E-state index contributed by atoms with van der Waals surface area (Å²) in [6.45, 7) is 4.05. The Kier molecular flexibility index (Phi) is 2.93. The van der Waals surface area contributed by atoms with Crippen molar-refractivity contribution in [2.75, 3.05) is 0 Å². The minimum absolute atomic E-state index is 0.346. The van der Waals surface area contributed by atoms with Crippen molar-refractivity contribution < 1.29 is 4.39 Å². The second-order valence-corrected chi connectivity index (χ2v) is 4.14. The van der Waals surface area contributed by atoms with Gasteiger partial charge in [-0.3, -0.25) is 0 Å². The van der Waals surface area contributed by atoms with E-state index in [2.05, 4.69) is 0 Å². The first-order valence-corrected chi connectivity index (χ1v) is 5.38. The monoisotopic (exact) mass is 225 g/mol. The molecule has 0 saturated carbocycles. The number of rotatable bonds is 1. The van der Waals surface area contributed by atoms with Gasteiger partial charge in [-0.15, -0.1) is 0 Å². The maximum absolute atomic E-state index is 13.3. The smallest absolute Gasteiger partial charge is 0.125 e. The van der Waals surface area contributed by atoms with Crippen LogP contribution in [0.1, 0.15) is 16.7 Å². The van der Waals surface area contributed by atoms with E-state index < -0.39 is 0 Å². The van der Waals surface area contributed by atoms with Gasteiger partial charge in [0, 0.05) is 0 Å². The minimum Gasteiger partial charge on any atom is -0.207 e. The van der Waals surface area contributed by atoms with Crippen LogP contribution in [0.2, 0.25) is 0 Å². The number of aryl methyl sites for hydroxylation is 2. The van der Waals surface area contributed by atoms with Crippen LogP contribution in [0.5, 0.6) is 0 Å². The van der Waals surface area contributed by atoms with Crippen molar-refractivity contribution in [3.05, 3.63) is 58.9 Å². The Balaban J connectivity index is 2.56. The van der Waals surface area contributed by atoms with E-state index in [1.165, 1.54) is 17.7 Å². The summed E-state index contributed by atoms with van der Waals surface area (Å²) in [7, 11) is 0. The van der Waals surface area contributed by atoms with Crippen LogP contribution >= 0.6 is 0 Å². The molecular weight excluding hydrogens is 213 g/mol. The van der Waals surface area contributed by atoms with Crippen LogP contribution < -0.4 is 0 Å². The summed E-state index contributed by atoms with van der Waals surface area (Å²) in [5.41, 5.74) is 4.38. The van der Waals surface area contributed by atoms with Crippen LogP contribution in [-0.4, -0.2) is 0 Å². The van der Waals surface area contributed by atoms with E-state index in [0.717, 1.165) is 16.7 Å². The molecule has 0 heterocycles. The van der Waals surface area contributed by atoms with E-state index in [1.807, 2.05) is 38.1 Å². The van der Waals surface area contributed by atoms with Gasteiger partial charge >= 0.3 is 0 Å². The normalized spacial score (nSPS) is 10.0. The highest BCUT2D eigenvalue weighted by Gasteiger charge is 2.04. The van der Waals surface area contributed by atoms with E-state index >= 15 is 0 Å². The van der Waals surface area contributed by atoms with Crippen molar-refractivity contribution in [2.45, 2.75) is 13.8 Å². The Labute approximate surface area is 100 Å². The second-order valence-electron chi connectivity index (χ2n) is 4.14. The van der Waals surface area contributed by atoms with E-state index in [1.54, 1.807) is 6.07 Å². The maximum Gasteiger partial charge on any atom is 0.125 e. The molecule has 0 saturated heterocycles. The standard InChI is InChI=1S/C15H12FN/c1-10-3-4-13(5-11(10)2)14-6-12(9-17)7-15(16)8-14/h3-8H,1-2H3. The molecule has 0 N–H and O–H groups in total. The molecule has 84 valence electrons. The van der Waals surface area contributed by atoms with E-state index in [9.17, 15) is 4.39 Å².